The molecule has 0 unspecified atom stereocenters. The molecule has 2 amide bonds. The zero-order valence-corrected chi connectivity index (χ0v) is 17.0. The van der Waals surface area contributed by atoms with Gasteiger partial charge in [0.1, 0.15) is 5.54 Å². The Morgan fingerprint density at radius 1 is 1.39 bits per heavy atom. The van der Waals surface area contributed by atoms with E-state index in [9.17, 15) is 19.6 Å². The van der Waals surface area contributed by atoms with E-state index in [1.54, 1.807) is 11.8 Å². The van der Waals surface area contributed by atoms with Crippen LogP contribution in [0.5, 0.6) is 0 Å². The first-order chi connectivity index (χ1) is 13.1. The monoisotopic (exact) mass is 385 g/mol. The molecule has 7 heteroatoms. The second-order valence-electron chi connectivity index (χ2n) is 7.75. The smallest absolute Gasteiger partial charge is 0.311 e. The molecule has 0 radical (unpaired) electrons. The van der Waals surface area contributed by atoms with Gasteiger partial charge in [-0.3, -0.25) is 14.4 Å². The largest absolute Gasteiger partial charge is 0.455 e. The lowest BCUT2D eigenvalue weighted by Crippen LogP contribution is -2.50. The van der Waals surface area contributed by atoms with Crippen molar-refractivity contribution in [1.82, 2.24) is 5.32 Å². The van der Waals surface area contributed by atoms with Gasteiger partial charge in [-0.1, -0.05) is 26.0 Å². The third kappa shape index (κ3) is 4.50. The molecule has 1 aromatic carbocycles. The maximum atomic E-state index is 12.4. The number of nitrogens with one attached hydrogen (secondary N) is 1. The van der Waals surface area contributed by atoms with Crippen molar-refractivity contribution in [2.75, 3.05) is 18.1 Å². The highest BCUT2D eigenvalue weighted by Crippen LogP contribution is 2.29. The molecule has 2 atom stereocenters. The van der Waals surface area contributed by atoms with Crippen LogP contribution >= 0.6 is 0 Å². The molecule has 0 aromatic heterocycles. The molecular formula is C21H27N3O4. The van der Waals surface area contributed by atoms with Crippen LogP contribution < -0.4 is 10.2 Å². The minimum absolute atomic E-state index is 0.0513. The number of nitriles is 1. The van der Waals surface area contributed by atoms with Gasteiger partial charge >= 0.3 is 5.97 Å². The number of ether oxygens (including phenoxy) is 1. The van der Waals surface area contributed by atoms with Crippen molar-refractivity contribution in [2.24, 2.45) is 11.8 Å². The lowest BCUT2D eigenvalue weighted by atomic mass is 9.90. The summed E-state index contributed by atoms with van der Waals surface area (Å²) in [6, 6.07) is 7.77. The lowest BCUT2D eigenvalue weighted by molar-refractivity contribution is -0.152. The quantitative estimate of drug-likeness (QED) is 0.757. The number of anilines is 1. The highest BCUT2D eigenvalue weighted by molar-refractivity contribution is 6.00. The summed E-state index contributed by atoms with van der Waals surface area (Å²) in [5, 5.41) is 11.8. The number of rotatable bonds is 6. The summed E-state index contributed by atoms with van der Waals surface area (Å²) in [7, 11) is 0. The Hall–Kier alpha value is -2.88. The first-order valence-corrected chi connectivity index (χ1v) is 9.34. The van der Waals surface area contributed by atoms with E-state index in [2.05, 4.69) is 11.4 Å². The first-order valence-electron chi connectivity index (χ1n) is 9.34. The highest BCUT2D eigenvalue weighted by atomic mass is 16.5. The van der Waals surface area contributed by atoms with Crippen LogP contribution in [0.25, 0.3) is 0 Å². The molecule has 1 fully saturated rings. The Balaban J connectivity index is 1.96. The predicted octanol–water partition coefficient (Wildman–Crippen LogP) is 2.25. The van der Waals surface area contributed by atoms with Gasteiger partial charge in [0.2, 0.25) is 5.91 Å². The third-order valence-corrected chi connectivity index (χ3v) is 5.46. The van der Waals surface area contributed by atoms with E-state index < -0.39 is 29.9 Å². The van der Waals surface area contributed by atoms with Gasteiger partial charge in [-0.25, -0.2) is 0 Å². The number of esters is 1. The molecule has 2 rings (SSSR count). The van der Waals surface area contributed by atoms with E-state index in [1.807, 2.05) is 45.9 Å². The molecule has 1 saturated heterocycles. The van der Waals surface area contributed by atoms with Crippen molar-refractivity contribution in [3.8, 4) is 6.07 Å². The average molecular weight is 385 g/mol. The van der Waals surface area contributed by atoms with E-state index in [4.69, 9.17) is 4.74 Å². The van der Waals surface area contributed by atoms with E-state index >= 15 is 0 Å². The Morgan fingerprint density at radius 2 is 2.07 bits per heavy atom. The van der Waals surface area contributed by atoms with Gasteiger partial charge in [0.25, 0.3) is 5.91 Å². The Morgan fingerprint density at radius 3 is 2.68 bits per heavy atom. The third-order valence-electron chi connectivity index (χ3n) is 5.46. The maximum absolute atomic E-state index is 12.4. The van der Waals surface area contributed by atoms with Crippen LogP contribution in [0.2, 0.25) is 0 Å². The molecule has 0 aliphatic carbocycles. The van der Waals surface area contributed by atoms with Crippen LogP contribution in [0, 0.1) is 37.0 Å². The number of hydrogen-bond donors (Lipinski definition) is 1. The van der Waals surface area contributed by atoms with Gasteiger partial charge in [-0.15, -0.1) is 0 Å². The van der Waals surface area contributed by atoms with Gasteiger partial charge in [0.05, 0.1) is 12.0 Å². The molecule has 0 saturated carbocycles. The Labute approximate surface area is 165 Å². The molecule has 1 aliphatic rings. The first kappa shape index (κ1) is 21.4. The summed E-state index contributed by atoms with van der Waals surface area (Å²) < 4.78 is 5.11. The second kappa shape index (κ2) is 8.42. The van der Waals surface area contributed by atoms with Crippen molar-refractivity contribution >= 4 is 23.5 Å². The normalized spacial score (nSPS) is 18.5. The summed E-state index contributed by atoms with van der Waals surface area (Å²) >= 11 is 0. The molecule has 0 bridgehead atoms. The average Bonchev–Trinajstić information content (AvgIpc) is 3.03. The Kier molecular flexibility index (Phi) is 6.45. The zero-order chi connectivity index (χ0) is 21.1. The topological polar surface area (TPSA) is 99.5 Å². The number of carbonyl (C=O) groups excluding carboxylic acids is 3. The van der Waals surface area contributed by atoms with Crippen molar-refractivity contribution in [1.29, 1.82) is 5.26 Å². The summed E-state index contributed by atoms with van der Waals surface area (Å²) in [5.74, 6) is -1.98. The lowest BCUT2D eigenvalue weighted by Gasteiger charge is -2.27. The molecule has 28 heavy (non-hydrogen) atoms. The number of hydrogen-bond acceptors (Lipinski definition) is 5. The summed E-state index contributed by atoms with van der Waals surface area (Å²) in [4.78, 5) is 38.4. The van der Waals surface area contributed by atoms with Crippen LogP contribution in [-0.2, 0) is 19.1 Å². The van der Waals surface area contributed by atoms with Crippen LogP contribution in [-0.4, -0.2) is 36.5 Å². The fourth-order valence-corrected chi connectivity index (χ4v) is 3.01. The molecule has 1 N–H and O–H groups in total. The minimum Gasteiger partial charge on any atom is -0.455 e. The highest BCUT2D eigenvalue weighted by Gasteiger charge is 2.37. The molecule has 1 aromatic rings. The Bertz CT molecular complexity index is 827. The zero-order valence-electron chi connectivity index (χ0n) is 17.0. The van der Waals surface area contributed by atoms with Crippen LogP contribution in [0.1, 0.15) is 38.3 Å². The summed E-state index contributed by atoms with van der Waals surface area (Å²) in [5.41, 5.74) is 1.82. The minimum atomic E-state index is -1.04. The van der Waals surface area contributed by atoms with Gasteiger partial charge in [-0.2, -0.15) is 5.26 Å². The van der Waals surface area contributed by atoms with Gasteiger partial charge in [-0.05, 0) is 43.9 Å². The van der Waals surface area contributed by atoms with Gasteiger partial charge < -0.3 is 15.0 Å². The SMILES string of the molecule is Cc1cccc(N2C[C@H](C(=O)OCC(=O)N[C@](C)(C#N)C(C)C)CC2=O)c1C. The number of aryl methyl sites for hydroxylation is 1. The molecule has 150 valence electrons. The number of benzene rings is 1. The van der Waals surface area contributed by atoms with Gasteiger partial charge in [0, 0.05) is 18.7 Å². The standard InChI is InChI=1S/C21H27N3O4/c1-13(2)21(5,12-22)23-18(25)11-28-20(27)16-9-19(26)24(10-16)17-8-6-7-14(3)15(17)4/h6-8,13,16H,9-11H2,1-5H3,(H,23,25)/t16-,21-/m1/s1. The van der Waals surface area contributed by atoms with Crippen molar-refractivity contribution in [2.45, 2.75) is 46.6 Å². The van der Waals surface area contributed by atoms with Crippen molar-refractivity contribution in [3.63, 3.8) is 0 Å². The van der Waals surface area contributed by atoms with E-state index in [1.165, 1.54) is 0 Å². The number of carbonyl (C=O) groups is 3. The molecular weight excluding hydrogens is 358 g/mol. The molecule has 7 nitrogen and oxygen atoms in total. The molecule has 1 aliphatic heterocycles. The fourth-order valence-electron chi connectivity index (χ4n) is 3.01. The van der Waals surface area contributed by atoms with E-state index in [0.29, 0.717) is 0 Å². The van der Waals surface area contributed by atoms with Crippen LogP contribution in [0.15, 0.2) is 18.2 Å². The van der Waals surface area contributed by atoms with Crippen molar-refractivity contribution < 1.29 is 19.1 Å². The molecule has 0 spiro atoms. The van der Waals surface area contributed by atoms with E-state index in [-0.39, 0.29) is 24.8 Å². The van der Waals surface area contributed by atoms with Crippen molar-refractivity contribution in [3.05, 3.63) is 29.3 Å². The predicted molar refractivity (Wildman–Crippen MR) is 104 cm³/mol. The number of nitrogens with zero attached hydrogens (tertiary/aromatic N) is 2. The maximum Gasteiger partial charge on any atom is 0.311 e. The fraction of sp³-hybridized carbons (Fsp3) is 0.524. The van der Waals surface area contributed by atoms with Gasteiger partial charge in [0.15, 0.2) is 6.61 Å². The summed E-state index contributed by atoms with van der Waals surface area (Å²) in [6.45, 7) is 8.92. The molecule has 1 heterocycles. The van der Waals surface area contributed by atoms with Crippen LogP contribution in [0.3, 0.4) is 0 Å². The van der Waals surface area contributed by atoms with E-state index in [0.717, 1.165) is 16.8 Å². The number of amides is 2. The van der Waals surface area contributed by atoms with Crippen LogP contribution in [0.4, 0.5) is 5.69 Å². The second-order valence-corrected chi connectivity index (χ2v) is 7.75. The summed E-state index contributed by atoms with van der Waals surface area (Å²) in [6.07, 6.45) is 0.0513.